The van der Waals surface area contributed by atoms with Crippen molar-refractivity contribution in [1.82, 2.24) is 14.9 Å². The van der Waals surface area contributed by atoms with E-state index in [1.54, 1.807) is 31.3 Å². The summed E-state index contributed by atoms with van der Waals surface area (Å²) in [6.45, 7) is 5.29. The second-order valence-electron chi connectivity index (χ2n) is 9.37. The minimum absolute atomic E-state index is 0.0642. The molecule has 1 unspecified atom stereocenters. The third-order valence-corrected chi connectivity index (χ3v) is 7.05. The van der Waals surface area contributed by atoms with Crippen molar-refractivity contribution in [2.45, 2.75) is 37.6 Å². The zero-order valence-corrected chi connectivity index (χ0v) is 21.6. The lowest BCUT2D eigenvalue weighted by Crippen LogP contribution is -2.41. The summed E-state index contributed by atoms with van der Waals surface area (Å²) in [6, 6.07) is 9.09. The predicted molar refractivity (Wildman–Crippen MR) is 142 cm³/mol. The number of carbonyl (C=O) groups is 1. The molecule has 38 heavy (non-hydrogen) atoms. The molecule has 10 nitrogen and oxygen atoms in total. The van der Waals surface area contributed by atoms with Crippen molar-refractivity contribution in [3.05, 3.63) is 54.9 Å². The number of amides is 1. The van der Waals surface area contributed by atoms with Crippen LogP contribution in [0.5, 0.6) is 17.2 Å². The first kappa shape index (κ1) is 25.7. The molecular formula is C28H32N4O6. The lowest BCUT2D eigenvalue weighted by atomic mass is 10.0. The number of methoxy groups -OCH3 is 2. The first-order valence-corrected chi connectivity index (χ1v) is 12.7. The molecule has 1 aromatic heterocycles. The SMILES string of the molecule is C=CC(=O)N1CCC(Oc2cc3c(Nc4cc(C5(O)CCCO5)ccc4OC)ncnc3cc2OC)CC1. The Morgan fingerprint density at radius 3 is 2.63 bits per heavy atom. The third kappa shape index (κ3) is 5.09. The van der Waals surface area contributed by atoms with Gasteiger partial charge in [-0.25, -0.2) is 9.97 Å². The molecule has 1 amide bonds. The van der Waals surface area contributed by atoms with E-state index >= 15 is 0 Å². The average Bonchev–Trinajstić information content (AvgIpc) is 3.40. The maximum absolute atomic E-state index is 11.9. The maximum Gasteiger partial charge on any atom is 0.245 e. The Morgan fingerprint density at radius 2 is 1.95 bits per heavy atom. The van der Waals surface area contributed by atoms with Crippen molar-refractivity contribution in [2.75, 3.05) is 39.2 Å². The Kier molecular flexibility index (Phi) is 7.35. The monoisotopic (exact) mass is 520 g/mol. The van der Waals surface area contributed by atoms with Gasteiger partial charge in [-0.1, -0.05) is 6.58 Å². The van der Waals surface area contributed by atoms with Crippen LogP contribution in [0, 0.1) is 0 Å². The number of piperidine rings is 1. The van der Waals surface area contributed by atoms with Crippen LogP contribution in [0.3, 0.4) is 0 Å². The Bertz CT molecular complexity index is 1330. The highest BCUT2D eigenvalue weighted by Gasteiger charge is 2.35. The zero-order valence-electron chi connectivity index (χ0n) is 21.6. The second kappa shape index (κ2) is 10.8. The molecule has 0 bridgehead atoms. The van der Waals surface area contributed by atoms with Crippen LogP contribution < -0.4 is 19.5 Å². The fourth-order valence-electron chi connectivity index (χ4n) is 4.95. The van der Waals surface area contributed by atoms with E-state index in [0.717, 1.165) is 11.8 Å². The number of hydrogen-bond acceptors (Lipinski definition) is 9. The molecule has 2 N–H and O–H groups in total. The Balaban J connectivity index is 1.44. The largest absolute Gasteiger partial charge is 0.495 e. The van der Waals surface area contributed by atoms with Gasteiger partial charge >= 0.3 is 0 Å². The number of nitrogens with one attached hydrogen (secondary N) is 1. The normalized spacial score (nSPS) is 19.8. The minimum atomic E-state index is -1.32. The molecule has 3 heterocycles. The average molecular weight is 521 g/mol. The fourth-order valence-corrected chi connectivity index (χ4v) is 4.95. The molecule has 0 radical (unpaired) electrons. The predicted octanol–water partition coefficient (Wildman–Crippen LogP) is 3.90. The van der Waals surface area contributed by atoms with Crippen molar-refractivity contribution >= 4 is 28.3 Å². The van der Waals surface area contributed by atoms with Gasteiger partial charge in [-0.2, -0.15) is 0 Å². The van der Waals surface area contributed by atoms with Gasteiger partial charge in [0.25, 0.3) is 0 Å². The summed E-state index contributed by atoms with van der Waals surface area (Å²) in [7, 11) is 3.18. The topological polar surface area (TPSA) is 115 Å². The van der Waals surface area contributed by atoms with Crippen LogP contribution in [0.4, 0.5) is 11.5 Å². The van der Waals surface area contributed by atoms with Crippen molar-refractivity contribution in [3.8, 4) is 17.2 Å². The van der Waals surface area contributed by atoms with Crippen LogP contribution in [0.15, 0.2) is 49.3 Å². The van der Waals surface area contributed by atoms with E-state index in [4.69, 9.17) is 18.9 Å². The molecule has 2 aliphatic rings. The first-order chi connectivity index (χ1) is 18.4. The van der Waals surface area contributed by atoms with Crippen LogP contribution in [0.2, 0.25) is 0 Å². The lowest BCUT2D eigenvalue weighted by Gasteiger charge is -2.31. The Hall–Kier alpha value is -3.89. The quantitative estimate of drug-likeness (QED) is 0.427. The van der Waals surface area contributed by atoms with Gasteiger partial charge in [-0.15, -0.1) is 0 Å². The van der Waals surface area contributed by atoms with E-state index in [1.165, 1.54) is 12.4 Å². The zero-order chi connectivity index (χ0) is 26.7. The maximum atomic E-state index is 11.9. The van der Waals surface area contributed by atoms with Gasteiger partial charge < -0.3 is 34.3 Å². The Labute approximate surface area is 221 Å². The standard InChI is InChI=1S/C28H32N4O6/c1-4-26(33)32-11-8-19(9-12-32)38-25-15-20-21(16-24(25)36-3)29-17-30-27(20)31-22-14-18(6-7-23(22)35-2)28(34)10-5-13-37-28/h4,6-7,14-17,19,34H,1,5,8-13H2,2-3H3,(H,29,30,31). The Morgan fingerprint density at radius 1 is 1.16 bits per heavy atom. The number of hydrogen-bond donors (Lipinski definition) is 2. The first-order valence-electron chi connectivity index (χ1n) is 12.7. The van der Waals surface area contributed by atoms with Gasteiger partial charge in [0.05, 0.1) is 32.0 Å². The molecular weight excluding hydrogens is 488 g/mol. The van der Waals surface area contributed by atoms with Crippen LogP contribution in [0.25, 0.3) is 10.9 Å². The highest BCUT2D eigenvalue weighted by molar-refractivity contribution is 5.93. The number of likely N-dealkylation sites (tertiary alicyclic amines) is 1. The van der Waals surface area contributed by atoms with E-state index in [1.807, 2.05) is 18.2 Å². The molecule has 0 aliphatic carbocycles. The van der Waals surface area contributed by atoms with Crippen LogP contribution in [0.1, 0.15) is 31.2 Å². The van der Waals surface area contributed by atoms with Crippen molar-refractivity contribution in [1.29, 1.82) is 0 Å². The number of benzene rings is 2. The molecule has 2 fully saturated rings. The molecule has 1 atom stereocenters. The van der Waals surface area contributed by atoms with Crippen LogP contribution in [-0.2, 0) is 15.3 Å². The second-order valence-corrected chi connectivity index (χ2v) is 9.37. The summed E-state index contributed by atoms with van der Waals surface area (Å²) in [5.74, 6) is 0.881. The number of anilines is 2. The van der Waals surface area contributed by atoms with Gasteiger partial charge in [0.2, 0.25) is 5.91 Å². The van der Waals surface area contributed by atoms with E-state index in [2.05, 4.69) is 21.9 Å². The van der Waals surface area contributed by atoms with E-state index in [9.17, 15) is 9.90 Å². The summed E-state index contributed by atoms with van der Waals surface area (Å²) in [4.78, 5) is 22.6. The number of aliphatic hydroxyl groups is 1. The van der Waals surface area contributed by atoms with Crippen molar-refractivity contribution in [3.63, 3.8) is 0 Å². The number of fused-ring (bicyclic) bond motifs is 1. The van der Waals surface area contributed by atoms with Crippen LogP contribution >= 0.6 is 0 Å². The fraction of sp³-hybridized carbons (Fsp3) is 0.393. The molecule has 3 aromatic rings. The van der Waals surface area contributed by atoms with Crippen LogP contribution in [-0.4, -0.2) is 65.9 Å². The summed E-state index contributed by atoms with van der Waals surface area (Å²) in [5, 5.41) is 15.0. The molecule has 2 aliphatic heterocycles. The molecule has 5 rings (SSSR count). The minimum Gasteiger partial charge on any atom is -0.495 e. The lowest BCUT2D eigenvalue weighted by molar-refractivity contribution is -0.179. The smallest absolute Gasteiger partial charge is 0.245 e. The van der Waals surface area contributed by atoms with Gasteiger partial charge in [-0.05, 0) is 36.8 Å². The summed E-state index contributed by atoms with van der Waals surface area (Å²) >= 11 is 0. The van der Waals surface area contributed by atoms with Gasteiger partial charge in [0, 0.05) is 49.4 Å². The van der Waals surface area contributed by atoms with E-state index in [0.29, 0.717) is 78.8 Å². The molecule has 2 aromatic carbocycles. The van der Waals surface area contributed by atoms with Crippen molar-refractivity contribution < 1.29 is 28.8 Å². The summed E-state index contributed by atoms with van der Waals surface area (Å²) < 4.78 is 23.1. The van der Waals surface area contributed by atoms with Crippen molar-refractivity contribution in [2.24, 2.45) is 0 Å². The molecule has 200 valence electrons. The van der Waals surface area contributed by atoms with Gasteiger partial charge in [0.1, 0.15) is 24.0 Å². The van der Waals surface area contributed by atoms with Gasteiger partial charge in [0.15, 0.2) is 17.3 Å². The summed E-state index contributed by atoms with van der Waals surface area (Å²) in [6.07, 6.45) is 5.46. The van der Waals surface area contributed by atoms with Gasteiger partial charge in [-0.3, -0.25) is 4.79 Å². The molecule has 10 heteroatoms. The molecule has 2 saturated heterocycles. The molecule has 0 spiro atoms. The number of ether oxygens (including phenoxy) is 4. The highest BCUT2D eigenvalue weighted by Crippen LogP contribution is 2.40. The number of nitrogens with zero attached hydrogens (tertiary/aromatic N) is 3. The third-order valence-electron chi connectivity index (χ3n) is 7.05. The van der Waals surface area contributed by atoms with E-state index < -0.39 is 5.79 Å². The number of carbonyl (C=O) groups excluding carboxylic acids is 1. The van der Waals surface area contributed by atoms with E-state index in [-0.39, 0.29) is 12.0 Å². The molecule has 0 saturated carbocycles. The highest BCUT2D eigenvalue weighted by atomic mass is 16.6. The number of aromatic nitrogens is 2. The summed E-state index contributed by atoms with van der Waals surface area (Å²) in [5.41, 5.74) is 1.95. The number of rotatable bonds is 8.